The third-order valence-corrected chi connectivity index (χ3v) is 3.16. The predicted octanol–water partition coefficient (Wildman–Crippen LogP) is 1.91. The molecule has 2 heterocycles. The van der Waals surface area contributed by atoms with Gasteiger partial charge in [0.05, 0.1) is 5.75 Å². The highest BCUT2D eigenvalue weighted by Gasteiger charge is 2.15. The van der Waals surface area contributed by atoms with E-state index in [9.17, 15) is 4.79 Å². The second kappa shape index (κ2) is 4.80. The van der Waals surface area contributed by atoms with Crippen LogP contribution >= 0.6 is 23.4 Å². The number of hydrogen-bond acceptors (Lipinski definition) is 5. The lowest BCUT2D eigenvalue weighted by Crippen LogP contribution is -2.00. The standard InChI is InChI=1S/C9H8ClN3O3S/c1-13-8(5-2-3-6(10)16-5)11-12-9(13)17-4-7(14)15/h2-3H,4H2,1H3,(H,14,15). The van der Waals surface area contributed by atoms with Gasteiger partial charge in [0.1, 0.15) is 0 Å². The van der Waals surface area contributed by atoms with E-state index in [2.05, 4.69) is 10.2 Å². The zero-order valence-electron chi connectivity index (χ0n) is 8.75. The summed E-state index contributed by atoms with van der Waals surface area (Å²) < 4.78 is 6.86. The van der Waals surface area contributed by atoms with Gasteiger partial charge in [0.25, 0.3) is 0 Å². The number of aromatic nitrogens is 3. The number of thioether (sulfide) groups is 1. The maximum atomic E-state index is 10.4. The van der Waals surface area contributed by atoms with Crippen molar-refractivity contribution >= 4 is 29.3 Å². The maximum absolute atomic E-state index is 10.4. The Bertz CT molecular complexity index is 551. The van der Waals surface area contributed by atoms with Crippen molar-refractivity contribution in [1.82, 2.24) is 14.8 Å². The van der Waals surface area contributed by atoms with Gasteiger partial charge in [0.2, 0.25) is 0 Å². The van der Waals surface area contributed by atoms with Gasteiger partial charge in [-0.25, -0.2) is 0 Å². The number of aliphatic carboxylic acids is 1. The molecular weight excluding hydrogens is 266 g/mol. The van der Waals surface area contributed by atoms with Crippen LogP contribution in [0.4, 0.5) is 0 Å². The Balaban J connectivity index is 2.23. The fourth-order valence-electron chi connectivity index (χ4n) is 1.22. The molecule has 0 aliphatic heterocycles. The molecule has 6 nitrogen and oxygen atoms in total. The first-order valence-electron chi connectivity index (χ1n) is 4.57. The van der Waals surface area contributed by atoms with Crippen LogP contribution in [-0.4, -0.2) is 31.6 Å². The fraction of sp³-hybridized carbons (Fsp3) is 0.222. The molecule has 0 radical (unpaired) electrons. The molecule has 17 heavy (non-hydrogen) atoms. The van der Waals surface area contributed by atoms with Crippen LogP contribution in [0.2, 0.25) is 5.22 Å². The molecule has 8 heteroatoms. The first-order valence-corrected chi connectivity index (χ1v) is 5.94. The van der Waals surface area contributed by atoms with Crippen molar-refractivity contribution in [3.8, 4) is 11.6 Å². The summed E-state index contributed by atoms with van der Waals surface area (Å²) in [6, 6.07) is 3.29. The fourth-order valence-corrected chi connectivity index (χ4v) is 1.99. The van der Waals surface area contributed by atoms with Crippen molar-refractivity contribution in [2.45, 2.75) is 5.16 Å². The first-order chi connectivity index (χ1) is 8.08. The number of hydrogen-bond donors (Lipinski definition) is 1. The normalized spacial score (nSPS) is 10.7. The van der Waals surface area contributed by atoms with Crippen LogP contribution < -0.4 is 0 Å². The summed E-state index contributed by atoms with van der Waals surface area (Å²) in [6.45, 7) is 0. The molecule has 0 fully saturated rings. The molecule has 2 aromatic heterocycles. The number of carbonyl (C=O) groups is 1. The Morgan fingerprint density at radius 1 is 1.59 bits per heavy atom. The zero-order valence-corrected chi connectivity index (χ0v) is 10.3. The number of nitrogens with zero attached hydrogens (tertiary/aromatic N) is 3. The molecule has 90 valence electrons. The van der Waals surface area contributed by atoms with Gasteiger partial charge in [-0.1, -0.05) is 11.8 Å². The Morgan fingerprint density at radius 3 is 2.94 bits per heavy atom. The van der Waals surface area contributed by atoms with Crippen LogP contribution in [0.3, 0.4) is 0 Å². The van der Waals surface area contributed by atoms with Crippen molar-refractivity contribution in [3.05, 3.63) is 17.4 Å². The summed E-state index contributed by atoms with van der Waals surface area (Å²) in [5.74, 6) is 0.0304. The molecule has 0 saturated heterocycles. The quantitative estimate of drug-likeness (QED) is 0.857. The van der Waals surface area contributed by atoms with Crippen LogP contribution in [0.5, 0.6) is 0 Å². The van der Waals surface area contributed by atoms with E-state index in [1.165, 1.54) is 0 Å². The molecule has 0 aliphatic carbocycles. The van der Waals surface area contributed by atoms with Crippen molar-refractivity contribution in [3.63, 3.8) is 0 Å². The Kier molecular flexibility index (Phi) is 3.39. The first kappa shape index (κ1) is 12.0. The Labute approximate surface area is 106 Å². The largest absolute Gasteiger partial charge is 0.481 e. The van der Waals surface area contributed by atoms with Gasteiger partial charge >= 0.3 is 5.97 Å². The van der Waals surface area contributed by atoms with E-state index in [1.54, 1.807) is 23.7 Å². The Morgan fingerprint density at radius 2 is 2.35 bits per heavy atom. The van der Waals surface area contributed by atoms with Crippen LogP contribution in [0.1, 0.15) is 0 Å². The zero-order chi connectivity index (χ0) is 12.4. The van der Waals surface area contributed by atoms with Crippen molar-refractivity contribution in [2.24, 2.45) is 7.05 Å². The lowest BCUT2D eigenvalue weighted by atomic mass is 10.4. The molecule has 2 rings (SSSR count). The van der Waals surface area contributed by atoms with Gasteiger partial charge in [0, 0.05) is 7.05 Å². The van der Waals surface area contributed by atoms with Gasteiger partial charge in [0.15, 0.2) is 22.0 Å². The highest BCUT2D eigenvalue weighted by Crippen LogP contribution is 2.25. The smallest absolute Gasteiger partial charge is 0.313 e. The van der Waals surface area contributed by atoms with Gasteiger partial charge in [-0.15, -0.1) is 10.2 Å². The molecule has 0 atom stereocenters. The molecule has 2 aromatic rings. The van der Waals surface area contributed by atoms with E-state index in [-0.39, 0.29) is 11.0 Å². The van der Waals surface area contributed by atoms with Crippen LogP contribution in [0.25, 0.3) is 11.6 Å². The average Bonchev–Trinajstić information content (AvgIpc) is 2.82. The van der Waals surface area contributed by atoms with Crippen LogP contribution in [-0.2, 0) is 11.8 Å². The number of carboxylic acid groups (broad SMARTS) is 1. The van der Waals surface area contributed by atoms with Gasteiger partial charge < -0.3 is 14.1 Å². The maximum Gasteiger partial charge on any atom is 0.313 e. The summed E-state index contributed by atoms with van der Waals surface area (Å²) >= 11 is 6.76. The second-order valence-electron chi connectivity index (χ2n) is 3.15. The minimum atomic E-state index is -0.902. The molecule has 0 unspecified atom stereocenters. The molecule has 0 spiro atoms. The van der Waals surface area contributed by atoms with E-state index in [1.807, 2.05) is 0 Å². The van der Waals surface area contributed by atoms with E-state index in [4.69, 9.17) is 21.1 Å². The molecule has 1 N–H and O–H groups in total. The summed E-state index contributed by atoms with van der Waals surface area (Å²) in [6.07, 6.45) is 0. The third-order valence-electron chi connectivity index (χ3n) is 1.95. The lowest BCUT2D eigenvalue weighted by molar-refractivity contribution is -0.133. The molecule has 0 aliphatic rings. The predicted molar refractivity (Wildman–Crippen MR) is 62.1 cm³/mol. The minimum Gasteiger partial charge on any atom is -0.481 e. The number of rotatable bonds is 4. The minimum absolute atomic E-state index is 0.0646. The topological polar surface area (TPSA) is 81.2 Å². The number of carboxylic acids is 1. The second-order valence-corrected chi connectivity index (χ2v) is 4.47. The molecular formula is C9H8ClN3O3S. The van der Waals surface area contributed by atoms with Gasteiger partial charge in [-0.2, -0.15) is 0 Å². The van der Waals surface area contributed by atoms with Gasteiger partial charge in [-0.05, 0) is 23.7 Å². The van der Waals surface area contributed by atoms with Crippen LogP contribution in [0, 0.1) is 0 Å². The van der Waals surface area contributed by atoms with E-state index in [0.717, 1.165) is 11.8 Å². The Hall–Kier alpha value is -1.47. The van der Waals surface area contributed by atoms with Crippen LogP contribution in [0.15, 0.2) is 21.7 Å². The molecule has 0 amide bonds. The summed E-state index contributed by atoms with van der Waals surface area (Å²) in [5.41, 5.74) is 0. The van der Waals surface area contributed by atoms with Crippen molar-refractivity contribution < 1.29 is 14.3 Å². The van der Waals surface area contributed by atoms with E-state index >= 15 is 0 Å². The molecule has 0 bridgehead atoms. The summed E-state index contributed by atoms with van der Waals surface area (Å²) in [7, 11) is 1.73. The van der Waals surface area contributed by atoms with E-state index in [0.29, 0.717) is 16.7 Å². The third kappa shape index (κ3) is 2.62. The monoisotopic (exact) mass is 273 g/mol. The number of furan rings is 1. The van der Waals surface area contributed by atoms with Crippen molar-refractivity contribution in [1.29, 1.82) is 0 Å². The lowest BCUT2D eigenvalue weighted by Gasteiger charge is -1.99. The van der Waals surface area contributed by atoms with E-state index < -0.39 is 5.97 Å². The molecule has 0 aromatic carbocycles. The summed E-state index contributed by atoms with van der Waals surface area (Å²) in [5, 5.41) is 17.2. The SMILES string of the molecule is Cn1c(SCC(=O)O)nnc1-c1ccc(Cl)o1. The summed E-state index contributed by atoms with van der Waals surface area (Å²) in [4.78, 5) is 10.4. The highest BCUT2D eigenvalue weighted by atomic mass is 35.5. The number of halogens is 1. The molecule has 0 saturated carbocycles. The van der Waals surface area contributed by atoms with Gasteiger partial charge in [-0.3, -0.25) is 4.79 Å². The highest BCUT2D eigenvalue weighted by molar-refractivity contribution is 7.99. The average molecular weight is 274 g/mol. The van der Waals surface area contributed by atoms with Crippen molar-refractivity contribution in [2.75, 3.05) is 5.75 Å².